The Morgan fingerprint density at radius 1 is 1.24 bits per heavy atom. The second-order valence-electron chi connectivity index (χ2n) is 4.93. The molecular formula is C16H24N4S. The van der Waals surface area contributed by atoms with Gasteiger partial charge in [-0.05, 0) is 42.4 Å². The molecule has 0 saturated carbocycles. The van der Waals surface area contributed by atoms with Gasteiger partial charge in [-0.25, -0.2) is 0 Å². The summed E-state index contributed by atoms with van der Waals surface area (Å²) in [4.78, 5) is 7.66. The number of aliphatic imine (C=N–C) groups is 1. The van der Waals surface area contributed by atoms with E-state index in [0.717, 1.165) is 19.0 Å². The number of nitrogens with zero attached hydrogens (tertiary/aromatic N) is 1. The lowest BCUT2D eigenvalue weighted by molar-refractivity contribution is 0.730. The van der Waals surface area contributed by atoms with Gasteiger partial charge in [0.25, 0.3) is 0 Å². The molecule has 114 valence electrons. The summed E-state index contributed by atoms with van der Waals surface area (Å²) in [6.07, 6.45) is 4.56. The third-order valence-electron chi connectivity index (χ3n) is 3.32. The Hall–Kier alpha value is -1.62. The normalized spacial score (nSPS) is 11.8. The standard InChI is InChI=1S/C16H24N4S/c1-17-16(18-9-5-6-10-21-2)19-12-14-11-13-7-3-4-8-15(13)20-14/h3-4,7-8,11,20H,5-6,9-10,12H2,1-2H3,(H2,17,18,19). The van der Waals surface area contributed by atoms with Gasteiger partial charge in [0.1, 0.15) is 0 Å². The molecule has 0 spiro atoms. The fourth-order valence-corrected chi connectivity index (χ4v) is 2.70. The van der Waals surface area contributed by atoms with Crippen LogP contribution in [0.1, 0.15) is 18.5 Å². The molecule has 4 nitrogen and oxygen atoms in total. The Labute approximate surface area is 130 Å². The van der Waals surface area contributed by atoms with Crippen LogP contribution in [0.5, 0.6) is 0 Å². The summed E-state index contributed by atoms with van der Waals surface area (Å²) in [6.45, 7) is 1.71. The monoisotopic (exact) mass is 304 g/mol. The largest absolute Gasteiger partial charge is 0.357 e. The Balaban J connectivity index is 1.77. The number of unbranched alkanes of at least 4 members (excludes halogenated alkanes) is 1. The summed E-state index contributed by atoms with van der Waals surface area (Å²) >= 11 is 1.90. The lowest BCUT2D eigenvalue weighted by Crippen LogP contribution is -2.37. The highest BCUT2D eigenvalue weighted by atomic mass is 32.2. The highest BCUT2D eigenvalue weighted by Gasteiger charge is 2.01. The zero-order chi connectivity index (χ0) is 14.9. The number of thioether (sulfide) groups is 1. The fourth-order valence-electron chi connectivity index (χ4n) is 2.21. The molecule has 21 heavy (non-hydrogen) atoms. The second-order valence-corrected chi connectivity index (χ2v) is 5.92. The lowest BCUT2D eigenvalue weighted by Gasteiger charge is -2.10. The van der Waals surface area contributed by atoms with Gasteiger partial charge >= 0.3 is 0 Å². The van der Waals surface area contributed by atoms with Crippen molar-refractivity contribution in [3.8, 4) is 0 Å². The van der Waals surface area contributed by atoms with Crippen molar-refractivity contribution >= 4 is 28.6 Å². The lowest BCUT2D eigenvalue weighted by atomic mass is 10.2. The van der Waals surface area contributed by atoms with Gasteiger partial charge in [0.05, 0.1) is 6.54 Å². The third-order valence-corrected chi connectivity index (χ3v) is 4.02. The van der Waals surface area contributed by atoms with E-state index in [1.54, 1.807) is 0 Å². The van der Waals surface area contributed by atoms with Gasteiger partial charge in [0.15, 0.2) is 5.96 Å². The van der Waals surface area contributed by atoms with Crippen LogP contribution in [0.4, 0.5) is 0 Å². The molecule has 0 aliphatic heterocycles. The molecule has 3 N–H and O–H groups in total. The van der Waals surface area contributed by atoms with E-state index in [-0.39, 0.29) is 0 Å². The first kappa shape index (κ1) is 15.8. The Bertz CT molecular complexity index is 543. The van der Waals surface area contributed by atoms with Crippen LogP contribution in [-0.4, -0.2) is 36.5 Å². The number of H-pyrrole nitrogens is 1. The molecule has 0 bridgehead atoms. The number of para-hydroxylation sites is 1. The van der Waals surface area contributed by atoms with Gasteiger partial charge in [0, 0.05) is 24.8 Å². The van der Waals surface area contributed by atoms with Crippen LogP contribution in [0.3, 0.4) is 0 Å². The van der Waals surface area contributed by atoms with E-state index in [9.17, 15) is 0 Å². The first-order chi connectivity index (χ1) is 10.3. The quantitative estimate of drug-likeness (QED) is 0.419. The van der Waals surface area contributed by atoms with Gasteiger partial charge in [-0.1, -0.05) is 18.2 Å². The number of aromatic amines is 1. The molecule has 0 unspecified atom stereocenters. The molecule has 1 aromatic heterocycles. The summed E-state index contributed by atoms with van der Waals surface area (Å²) in [5, 5.41) is 7.93. The number of hydrogen-bond acceptors (Lipinski definition) is 2. The van der Waals surface area contributed by atoms with Crippen LogP contribution >= 0.6 is 11.8 Å². The number of benzene rings is 1. The average molecular weight is 304 g/mol. The molecule has 0 aliphatic rings. The van der Waals surface area contributed by atoms with Crippen molar-refractivity contribution in [1.29, 1.82) is 0 Å². The Kier molecular flexibility index (Phi) is 6.47. The van der Waals surface area contributed by atoms with Crippen LogP contribution in [0.25, 0.3) is 10.9 Å². The van der Waals surface area contributed by atoms with Gasteiger partial charge < -0.3 is 15.6 Å². The van der Waals surface area contributed by atoms with Crippen LogP contribution in [0.15, 0.2) is 35.3 Å². The number of hydrogen-bond donors (Lipinski definition) is 3. The van der Waals surface area contributed by atoms with Crippen LogP contribution in [-0.2, 0) is 6.54 Å². The minimum Gasteiger partial charge on any atom is -0.357 e. The van der Waals surface area contributed by atoms with Crippen molar-refractivity contribution in [1.82, 2.24) is 15.6 Å². The van der Waals surface area contributed by atoms with Crippen LogP contribution in [0, 0.1) is 0 Å². The molecule has 0 radical (unpaired) electrons. The fraction of sp³-hybridized carbons (Fsp3) is 0.438. The summed E-state index contributed by atoms with van der Waals surface area (Å²) < 4.78 is 0. The zero-order valence-corrected chi connectivity index (χ0v) is 13.6. The van der Waals surface area contributed by atoms with Gasteiger partial charge in [-0.2, -0.15) is 11.8 Å². The smallest absolute Gasteiger partial charge is 0.191 e. The van der Waals surface area contributed by atoms with Crippen molar-refractivity contribution in [2.45, 2.75) is 19.4 Å². The zero-order valence-electron chi connectivity index (χ0n) is 12.8. The first-order valence-corrected chi connectivity index (χ1v) is 8.73. The van der Waals surface area contributed by atoms with Gasteiger partial charge in [0.2, 0.25) is 0 Å². The highest BCUT2D eigenvalue weighted by molar-refractivity contribution is 7.98. The molecule has 5 heteroatoms. The molecule has 0 fully saturated rings. The highest BCUT2D eigenvalue weighted by Crippen LogP contribution is 2.14. The maximum Gasteiger partial charge on any atom is 0.191 e. The number of nitrogens with one attached hydrogen (secondary N) is 3. The molecular weight excluding hydrogens is 280 g/mol. The SMILES string of the molecule is CN=C(NCCCCSC)NCc1cc2ccccc2[nH]1. The van der Waals surface area contributed by atoms with E-state index in [1.165, 1.54) is 35.2 Å². The van der Waals surface area contributed by atoms with Crippen LogP contribution < -0.4 is 10.6 Å². The number of guanidine groups is 1. The molecule has 1 aromatic carbocycles. The molecule has 0 aliphatic carbocycles. The third kappa shape index (κ3) is 5.01. The maximum atomic E-state index is 4.25. The van der Waals surface area contributed by atoms with E-state index in [0.29, 0.717) is 0 Å². The second kappa shape index (κ2) is 8.62. The molecule has 2 aromatic rings. The summed E-state index contributed by atoms with van der Waals surface area (Å²) in [7, 11) is 1.81. The van der Waals surface area contributed by atoms with E-state index < -0.39 is 0 Å². The van der Waals surface area contributed by atoms with Crippen molar-refractivity contribution in [3.63, 3.8) is 0 Å². The van der Waals surface area contributed by atoms with Crippen molar-refractivity contribution < 1.29 is 0 Å². The Morgan fingerprint density at radius 2 is 2.10 bits per heavy atom. The summed E-state index contributed by atoms with van der Waals surface area (Å²) in [6, 6.07) is 10.5. The van der Waals surface area contributed by atoms with E-state index in [2.05, 4.69) is 51.1 Å². The molecule has 2 rings (SSSR count). The van der Waals surface area contributed by atoms with E-state index in [4.69, 9.17) is 0 Å². The topological polar surface area (TPSA) is 52.2 Å². The number of rotatable bonds is 7. The first-order valence-electron chi connectivity index (χ1n) is 7.33. The van der Waals surface area contributed by atoms with Crippen LogP contribution in [0.2, 0.25) is 0 Å². The minimum absolute atomic E-state index is 0.749. The molecule has 0 amide bonds. The molecule has 0 atom stereocenters. The number of fused-ring (bicyclic) bond motifs is 1. The predicted molar refractivity (Wildman–Crippen MR) is 94.1 cm³/mol. The average Bonchev–Trinajstić information content (AvgIpc) is 2.93. The number of aromatic nitrogens is 1. The van der Waals surface area contributed by atoms with E-state index in [1.807, 2.05) is 24.9 Å². The Morgan fingerprint density at radius 3 is 2.86 bits per heavy atom. The molecule has 1 heterocycles. The van der Waals surface area contributed by atoms with E-state index >= 15 is 0 Å². The van der Waals surface area contributed by atoms with Crippen molar-refractivity contribution in [2.75, 3.05) is 25.6 Å². The van der Waals surface area contributed by atoms with Gasteiger partial charge in [-0.15, -0.1) is 0 Å². The minimum atomic E-state index is 0.749. The predicted octanol–water partition coefficient (Wildman–Crippen LogP) is 2.98. The van der Waals surface area contributed by atoms with Crippen molar-refractivity contribution in [3.05, 3.63) is 36.0 Å². The van der Waals surface area contributed by atoms with Crippen molar-refractivity contribution in [2.24, 2.45) is 4.99 Å². The molecule has 0 saturated heterocycles. The maximum absolute atomic E-state index is 4.25. The van der Waals surface area contributed by atoms with Gasteiger partial charge in [-0.3, -0.25) is 4.99 Å². The summed E-state index contributed by atoms with van der Waals surface area (Å²) in [5.41, 5.74) is 2.34. The summed E-state index contributed by atoms with van der Waals surface area (Å²) in [5.74, 6) is 2.08.